The maximum absolute atomic E-state index is 11.9. The molecule has 0 fully saturated rings. The first-order chi connectivity index (χ1) is 10.5. The molecular formula is C18H28O4. The van der Waals surface area contributed by atoms with Crippen molar-refractivity contribution in [3.63, 3.8) is 0 Å². The summed E-state index contributed by atoms with van der Waals surface area (Å²) in [6.45, 7) is 2.03. The quantitative estimate of drug-likeness (QED) is 0.450. The molecule has 1 aliphatic rings. The molecule has 22 heavy (non-hydrogen) atoms. The van der Waals surface area contributed by atoms with Crippen LogP contribution in [0.5, 0.6) is 0 Å². The van der Waals surface area contributed by atoms with Gasteiger partial charge in [0, 0.05) is 19.3 Å². The Balaban J connectivity index is 2.30. The van der Waals surface area contributed by atoms with Gasteiger partial charge >= 0.3 is 5.97 Å². The smallest absolute Gasteiger partial charge is 0.303 e. The van der Waals surface area contributed by atoms with Gasteiger partial charge in [0.05, 0.1) is 0 Å². The Kier molecular flexibility index (Phi) is 8.10. The van der Waals surface area contributed by atoms with Gasteiger partial charge in [0.2, 0.25) is 0 Å². The Hall–Kier alpha value is -1.42. The lowest BCUT2D eigenvalue weighted by atomic mass is 9.87. The second kappa shape index (κ2) is 9.57. The van der Waals surface area contributed by atoms with E-state index in [1.165, 1.54) is 0 Å². The topological polar surface area (TPSA) is 74.6 Å². The molecule has 0 saturated carbocycles. The van der Waals surface area contributed by atoms with E-state index >= 15 is 0 Å². The summed E-state index contributed by atoms with van der Waals surface area (Å²) in [4.78, 5) is 22.3. The van der Waals surface area contributed by atoms with E-state index in [2.05, 4.69) is 0 Å². The summed E-state index contributed by atoms with van der Waals surface area (Å²) in [5, 5.41) is 19.2. The van der Waals surface area contributed by atoms with Crippen LogP contribution in [0.1, 0.15) is 71.1 Å². The maximum atomic E-state index is 11.9. The molecule has 124 valence electrons. The molecule has 0 saturated heterocycles. The van der Waals surface area contributed by atoms with E-state index in [1.807, 2.05) is 25.2 Å². The second-order valence-corrected chi connectivity index (χ2v) is 5.96. The molecule has 0 amide bonds. The molecule has 0 aromatic carbocycles. The molecule has 0 aromatic rings. The van der Waals surface area contributed by atoms with Crippen LogP contribution in [0.2, 0.25) is 0 Å². The number of aliphatic hydroxyl groups is 1. The number of allylic oxidation sites excluding steroid dienone is 2. The first kappa shape index (κ1) is 18.6. The van der Waals surface area contributed by atoms with Crippen molar-refractivity contribution in [1.29, 1.82) is 0 Å². The van der Waals surface area contributed by atoms with Crippen molar-refractivity contribution in [3.05, 3.63) is 23.8 Å². The molecule has 1 unspecified atom stereocenters. The molecule has 0 radical (unpaired) electrons. The first-order valence-corrected chi connectivity index (χ1v) is 8.32. The van der Waals surface area contributed by atoms with Crippen molar-refractivity contribution in [2.24, 2.45) is 0 Å². The minimum absolute atomic E-state index is 0.0929. The zero-order valence-electron chi connectivity index (χ0n) is 13.5. The van der Waals surface area contributed by atoms with Crippen molar-refractivity contribution >= 4 is 11.8 Å². The van der Waals surface area contributed by atoms with Crippen LogP contribution in [0.25, 0.3) is 0 Å². The zero-order valence-corrected chi connectivity index (χ0v) is 13.5. The normalized spacial score (nSPS) is 21.5. The number of carboxylic acids is 1. The molecule has 0 aliphatic heterocycles. The third kappa shape index (κ3) is 5.76. The summed E-state index contributed by atoms with van der Waals surface area (Å²) in [7, 11) is 0. The van der Waals surface area contributed by atoms with Gasteiger partial charge in [-0.05, 0) is 31.3 Å². The van der Waals surface area contributed by atoms with Crippen LogP contribution < -0.4 is 0 Å². The number of ketones is 1. The number of unbranched alkanes of at least 4 members (excludes halogenated alkanes) is 4. The lowest BCUT2D eigenvalue weighted by Gasteiger charge is -2.23. The van der Waals surface area contributed by atoms with Gasteiger partial charge in [-0.3, -0.25) is 9.59 Å². The van der Waals surface area contributed by atoms with Gasteiger partial charge in [0.15, 0.2) is 5.78 Å². The fourth-order valence-corrected chi connectivity index (χ4v) is 2.83. The third-order valence-corrected chi connectivity index (χ3v) is 4.18. The molecule has 1 aliphatic carbocycles. The standard InChI is InChI=1S/C18H28O4/c1-2-3-9-14-18(22)15(12-13-16(18)19)10-7-5-4-6-8-11-17(20)21/h3,9,12,22H,2,4-8,10-11,13-14H2,1H3,(H,20,21)/b9-3+. The van der Waals surface area contributed by atoms with E-state index in [0.717, 1.165) is 50.5 Å². The van der Waals surface area contributed by atoms with Crippen molar-refractivity contribution < 1.29 is 19.8 Å². The maximum Gasteiger partial charge on any atom is 0.303 e. The van der Waals surface area contributed by atoms with Crippen LogP contribution in [0.15, 0.2) is 23.8 Å². The van der Waals surface area contributed by atoms with Gasteiger partial charge in [-0.25, -0.2) is 0 Å². The highest BCUT2D eigenvalue weighted by Crippen LogP contribution is 2.34. The largest absolute Gasteiger partial charge is 0.481 e. The molecule has 4 nitrogen and oxygen atoms in total. The molecule has 0 bridgehead atoms. The Morgan fingerprint density at radius 3 is 2.59 bits per heavy atom. The average molecular weight is 308 g/mol. The first-order valence-electron chi connectivity index (χ1n) is 8.32. The van der Waals surface area contributed by atoms with E-state index in [4.69, 9.17) is 5.11 Å². The van der Waals surface area contributed by atoms with E-state index in [9.17, 15) is 14.7 Å². The van der Waals surface area contributed by atoms with Gasteiger partial charge in [0.25, 0.3) is 0 Å². The molecule has 4 heteroatoms. The van der Waals surface area contributed by atoms with Gasteiger partial charge < -0.3 is 10.2 Å². The molecule has 1 rings (SSSR count). The number of Topliss-reactive ketones (excluding diaryl/α,β-unsaturated/α-hetero) is 1. The second-order valence-electron chi connectivity index (χ2n) is 5.96. The van der Waals surface area contributed by atoms with Crippen LogP contribution in [0.3, 0.4) is 0 Å². The fourth-order valence-electron chi connectivity index (χ4n) is 2.83. The molecule has 1 atom stereocenters. The Labute approximate surface area is 132 Å². The zero-order chi connectivity index (χ0) is 16.4. The summed E-state index contributed by atoms with van der Waals surface area (Å²) in [5.41, 5.74) is -0.418. The fraction of sp³-hybridized carbons (Fsp3) is 0.667. The van der Waals surface area contributed by atoms with Gasteiger partial charge in [-0.1, -0.05) is 44.4 Å². The van der Waals surface area contributed by atoms with Gasteiger partial charge in [0.1, 0.15) is 5.60 Å². The highest BCUT2D eigenvalue weighted by Gasteiger charge is 2.41. The van der Waals surface area contributed by atoms with E-state index in [-0.39, 0.29) is 12.2 Å². The number of carbonyl (C=O) groups is 2. The SMILES string of the molecule is CC/C=C/CC1(O)C(=O)CC=C1CCCCCCCC(=O)O. The van der Waals surface area contributed by atoms with Gasteiger partial charge in [-0.2, -0.15) is 0 Å². The minimum Gasteiger partial charge on any atom is -0.481 e. The highest BCUT2D eigenvalue weighted by atomic mass is 16.4. The highest BCUT2D eigenvalue weighted by molar-refractivity contribution is 5.94. The number of hydrogen-bond donors (Lipinski definition) is 2. The predicted octanol–water partition coefficient (Wildman–Crippen LogP) is 3.79. The molecule has 2 N–H and O–H groups in total. The molecular weight excluding hydrogens is 280 g/mol. The minimum atomic E-state index is -1.28. The summed E-state index contributed by atoms with van der Waals surface area (Å²) >= 11 is 0. The van der Waals surface area contributed by atoms with Crippen molar-refractivity contribution in [2.45, 2.75) is 76.7 Å². The Morgan fingerprint density at radius 2 is 1.91 bits per heavy atom. The molecule has 0 heterocycles. The number of carbonyl (C=O) groups excluding carboxylic acids is 1. The Morgan fingerprint density at radius 1 is 1.23 bits per heavy atom. The van der Waals surface area contributed by atoms with Crippen LogP contribution in [-0.4, -0.2) is 27.6 Å². The summed E-state index contributed by atoms with van der Waals surface area (Å²) in [5.74, 6) is -0.829. The summed E-state index contributed by atoms with van der Waals surface area (Å²) in [6.07, 6.45) is 13.0. The van der Waals surface area contributed by atoms with Gasteiger partial charge in [-0.15, -0.1) is 0 Å². The number of carboxylic acid groups (broad SMARTS) is 1. The van der Waals surface area contributed by atoms with E-state index in [0.29, 0.717) is 12.8 Å². The van der Waals surface area contributed by atoms with Crippen molar-refractivity contribution in [1.82, 2.24) is 0 Å². The number of rotatable bonds is 11. The average Bonchev–Trinajstić information content (AvgIpc) is 2.74. The van der Waals surface area contributed by atoms with Crippen LogP contribution >= 0.6 is 0 Å². The van der Waals surface area contributed by atoms with Crippen LogP contribution in [0, 0.1) is 0 Å². The van der Waals surface area contributed by atoms with Crippen LogP contribution in [0.4, 0.5) is 0 Å². The summed E-state index contributed by atoms with van der Waals surface area (Å²) < 4.78 is 0. The summed E-state index contributed by atoms with van der Waals surface area (Å²) in [6, 6.07) is 0. The van der Waals surface area contributed by atoms with Crippen molar-refractivity contribution in [3.8, 4) is 0 Å². The van der Waals surface area contributed by atoms with E-state index in [1.54, 1.807) is 0 Å². The molecule has 0 aromatic heterocycles. The lowest BCUT2D eigenvalue weighted by Crippen LogP contribution is -2.36. The van der Waals surface area contributed by atoms with Crippen LogP contribution in [-0.2, 0) is 9.59 Å². The third-order valence-electron chi connectivity index (χ3n) is 4.18. The van der Waals surface area contributed by atoms with Crippen molar-refractivity contribution in [2.75, 3.05) is 0 Å². The predicted molar refractivity (Wildman–Crippen MR) is 86.7 cm³/mol. The Bertz CT molecular complexity index is 436. The number of hydrogen-bond acceptors (Lipinski definition) is 3. The lowest BCUT2D eigenvalue weighted by molar-refractivity contribution is -0.137. The molecule has 0 spiro atoms. The monoisotopic (exact) mass is 308 g/mol. The van der Waals surface area contributed by atoms with E-state index < -0.39 is 11.6 Å². The number of aliphatic carboxylic acids is 1.